The average molecular weight is 377 g/mol. The molecule has 0 atom stereocenters. The quantitative estimate of drug-likeness (QED) is 0.636. The van der Waals surface area contributed by atoms with E-state index in [1.165, 1.54) is 60.4 Å². The summed E-state index contributed by atoms with van der Waals surface area (Å²) in [5.41, 5.74) is -0.636. The number of benzene rings is 2. The number of nitrogens with zero attached hydrogens (tertiary/aromatic N) is 3. The van der Waals surface area contributed by atoms with Gasteiger partial charge in [-0.25, -0.2) is 9.07 Å². The second-order valence-electron chi connectivity index (χ2n) is 5.91. The SMILES string of the molecule is CN(Cc1ccccc1C(F)(F)F)C(=O)c1ccn(-c2ccccc2F)n1. The molecule has 0 unspecified atom stereocenters. The van der Waals surface area contributed by atoms with Crippen molar-refractivity contribution in [2.45, 2.75) is 12.7 Å². The summed E-state index contributed by atoms with van der Waals surface area (Å²) in [7, 11) is 1.39. The lowest BCUT2D eigenvalue weighted by Crippen LogP contribution is -2.28. The Balaban J connectivity index is 1.81. The van der Waals surface area contributed by atoms with Gasteiger partial charge in [-0.3, -0.25) is 4.79 Å². The molecular weight excluding hydrogens is 362 g/mol. The minimum absolute atomic E-state index is 0.00485. The van der Waals surface area contributed by atoms with Crippen LogP contribution in [0.3, 0.4) is 0 Å². The summed E-state index contributed by atoms with van der Waals surface area (Å²) in [6.07, 6.45) is -3.09. The van der Waals surface area contributed by atoms with E-state index in [2.05, 4.69) is 5.10 Å². The van der Waals surface area contributed by atoms with Crippen LogP contribution < -0.4 is 0 Å². The molecule has 0 N–H and O–H groups in total. The predicted octanol–water partition coefficient (Wildman–Crippen LogP) is 4.30. The van der Waals surface area contributed by atoms with Crippen molar-refractivity contribution >= 4 is 5.91 Å². The van der Waals surface area contributed by atoms with Gasteiger partial charge in [0.05, 0.1) is 5.56 Å². The first kappa shape index (κ1) is 18.6. The number of hydrogen-bond acceptors (Lipinski definition) is 2. The zero-order valence-electron chi connectivity index (χ0n) is 14.2. The number of amides is 1. The highest BCUT2D eigenvalue weighted by molar-refractivity contribution is 5.92. The summed E-state index contributed by atoms with van der Waals surface area (Å²) in [6, 6.07) is 12.4. The molecule has 0 bridgehead atoms. The lowest BCUT2D eigenvalue weighted by molar-refractivity contribution is -0.138. The summed E-state index contributed by atoms with van der Waals surface area (Å²) in [5.74, 6) is -1.07. The maximum Gasteiger partial charge on any atom is 0.416 e. The zero-order valence-corrected chi connectivity index (χ0v) is 14.2. The lowest BCUT2D eigenvalue weighted by atomic mass is 10.1. The zero-order chi connectivity index (χ0) is 19.6. The van der Waals surface area contributed by atoms with Crippen molar-refractivity contribution in [2.24, 2.45) is 0 Å². The smallest absolute Gasteiger partial charge is 0.336 e. The van der Waals surface area contributed by atoms with Crippen LogP contribution in [0.5, 0.6) is 0 Å². The standard InChI is InChI=1S/C19H15F4N3O/c1-25(12-13-6-2-3-7-14(13)19(21,22)23)18(27)16-10-11-26(24-16)17-9-5-4-8-15(17)20/h2-11H,12H2,1H3. The molecule has 140 valence electrons. The highest BCUT2D eigenvalue weighted by Gasteiger charge is 2.33. The molecule has 3 rings (SSSR count). The number of halogens is 4. The van der Waals surface area contributed by atoms with Crippen molar-refractivity contribution in [3.8, 4) is 5.69 Å². The molecule has 0 fully saturated rings. The van der Waals surface area contributed by atoms with E-state index < -0.39 is 23.5 Å². The summed E-state index contributed by atoms with van der Waals surface area (Å²) in [4.78, 5) is 13.7. The second-order valence-corrected chi connectivity index (χ2v) is 5.91. The Bertz CT molecular complexity index is 965. The van der Waals surface area contributed by atoms with Crippen molar-refractivity contribution in [3.63, 3.8) is 0 Å². The maximum absolute atomic E-state index is 13.8. The van der Waals surface area contributed by atoms with Crippen LogP contribution in [0.25, 0.3) is 5.69 Å². The van der Waals surface area contributed by atoms with Crippen molar-refractivity contribution in [1.82, 2.24) is 14.7 Å². The molecule has 2 aromatic carbocycles. The molecule has 0 aliphatic carbocycles. The molecular formula is C19H15F4N3O. The molecule has 1 amide bonds. The van der Waals surface area contributed by atoms with E-state index in [1.807, 2.05) is 0 Å². The Labute approximate surface area is 152 Å². The Kier molecular flexibility index (Phi) is 4.98. The van der Waals surface area contributed by atoms with E-state index in [0.717, 1.165) is 11.0 Å². The van der Waals surface area contributed by atoms with E-state index in [9.17, 15) is 22.4 Å². The summed E-state index contributed by atoms with van der Waals surface area (Å²) < 4.78 is 54.3. The summed E-state index contributed by atoms with van der Waals surface area (Å²) in [6.45, 7) is -0.235. The van der Waals surface area contributed by atoms with E-state index in [0.29, 0.717) is 0 Å². The van der Waals surface area contributed by atoms with Crippen LogP contribution in [-0.4, -0.2) is 27.6 Å². The maximum atomic E-state index is 13.8. The van der Waals surface area contributed by atoms with Gasteiger partial charge in [0.2, 0.25) is 0 Å². The third-order valence-electron chi connectivity index (χ3n) is 3.98. The molecule has 1 heterocycles. The molecule has 0 saturated heterocycles. The number of carbonyl (C=O) groups is 1. The lowest BCUT2D eigenvalue weighted by Gasteiger charge is -2.19. The van der Waals surface area contributed by atoms with E-state index in [-0.39, 0.29) is 23.5 Å². The molecule has 27 heavy (non-hydrogen) atoms. The third-order valence-corrected chi connectivity index (χ3v) is 3.98. The van der Waals surface area contributed by atoms with Crippen molar-refractivity contribution in [2.75, 3.05) is 7.05 Å². The van der Waals surface area contributed by atoms with Crippen LogP contribution in [0, 0.1) is 5.82 Å². The van der Waals surface area contributed by atoms with Crippen LogP contribution in [0.1, 0.15) is 21.6 Å². The predicted molar refractivity (Wildman–Crippen MR) is 90.8 cm³/mol. The third kappa shape index (κ3) is 3.99. The van der Waals surface area contributed by atoms with Gasteiger partial charge in [0.15, 0.2) is 5.69 Å². The topological polar surface area (TPSA) is 38.1 Å². The number of hydrogen-bond donors (Lipinski definition) is 0. The van der Waals surface area contributed by atoms with Crippen LogP contribution in [0.15, 0.2) is 60.8 Å². The Hall–Kier alpha value is -3.16. The Morgan fingerprint density at radius 3 is 2.44 bits per heavy atom. The van der Waals surface area contributed by atoms with Crippen molar-refractivity contribution in [3.05, 3.63) is 83.4 Å². The van der Waals surface area contributed by atoms with Gasteiger partial charge in [0.25, 0.3) is 5.91 Å². The van der Waals surface area contributed by atoms with E-state index in [1.54, 1.807) is 6.07 Å². The molecule has 3 aromatic rings. The van der Waals surface area contributed by atoms with Gasteiger partial charge in [-0.15, -0.1) is 0 Å². The monoisotopic (exact) mass is 377 g/mol. The number of aromatic nitrogens is 2. The van der Waals surface area contributed by atoms with Gasteiger partial charge in [-0.05, 0) is 29.8 Å². The minimum atomic E-state index is -4.51. The molecule has 0 radical (unpaired) electrons. The average Bonchev–Trinajstić information content (AvgIpc) is 3.10. The largest absolute Gasteiger partial charge is 0.416 e. The highest BCUT2D eigenvalue weighted by Crippen LogP contribution is 2.32. The van der Waals surface area contributed by atoms with Crippen LogP contribution in [0.2, 0.25) is 0 Å². The van der Waals surface area contributed by atoms with Crippen LogP contribution in [-0.2, 0) is 12.7 Å². The molecule has 0 spiro atoms. The van der Waals surface area contributed by atoms with Gasteiger partial charge in [0, 0.05) is 19.8 Å². The minimum Gasteiger partial charge on any atom is -0.336 e. The van der Waals surface area contributed by atoms with Crippen molar-refractivity contribution < 1.29 is 22.4 Å². The number of rotatable bonds is 4. The number of alkyl halides is 3. The number of carbonyl (C=O) groups excluding carboxylic acids is 1. The van der Waals surface area contributed by atoms with Gasteiger partial charge < -0.3 is 4.90 Å². The van der Waals surface area contributed by atoms with Crippen LogP contribution >= 0.6 is 0 Å². The molecule has 0 aliphatic rings. The Morgan fingerprint density at radius 2 is 1.74 bits per heavy atom. The van der Waals surface area contributed by atoms with E-state index in [4.69, 9.17) is 0 Å². The fourth-order valence-electron chi connectivity index (χ4n) is 2.67. The number of para-hydroxylation sites is 1. The molecule has 8 heteroatoms. The molecule has 1 aromatic heterocycles. The first-order valence-electron chi connectivity index (χ1n) is 7.98. The second kappa shape index (κ2) is 7.22. The van der Waals surface area contributed by atoms with Crippen molar-refractivity contribution in [1.29, 1.82) is 0 Å². The Morgan fingerprint density at radius 1 is 1.07 bits per heavy atom. The summed E-state index contributed by atoms with van der Waals surface area (Å²) >= 11 is 0. The fourth-order valence-corrected chi connectivity index (χ4v) is 2.67. The first-order chi connectivity index (χ1) is 12.8. The van der Waals surface area contributed by atoms with Gasteiger partial charge >= 0.3 is 6.18 Å². The molecule has 4 nitrogen and oxygen atoms in total. The fraction of sp³-hybridized carbons (Fsp3) is 0.158. The highest BCUT2D eigenvalue weighted by atomic mass is 19.4. The molecule has 0 aliphatic heterocycles. The van der Waals surface area contributed by atoms with Gasteiger partial charge in [-0.1, -0.05) is 30.3 Å². The van der Waals surface area contributed by atoms with Gasteiger partial charge in [0.1, 0.15) is 11.5 Å². The van der Waals surface area contributed by atoms with E-state index >= 15 is 0 Å². The van der Waals surface area contributed by atoms with Gasteiger partial charge in [-0.2, -0.15) is 18.3 Å². The normalized spacial score (nSPS) is 11.4. The summed E-state index contributed by atoms with van der Waals surface area (Å²) in [5, 5.41) is 4.04. The molecule has 0 saturated carbocycles. The first-order valence-corrected chi connectivity index (χ1v) is 7.98. The van der Waals surface area contributed by atoms with Crippen LogP contribution in [0.4, 0.5) is 17.6 Å².